The molecule has 5 nitrogen and oxygen atoms in total. The van der Waals surface area contributed by atoms with Crippen LogP contribution in [0, 0.1) is 12.7 Å². The van der Waals surface area contributed by atoms with Gasteiger partial charge in [-0.15, -0.1) is 11.8 Å². The fourth-order valence-electron chi connectivity index (χ4n) is 3.52. The van der Waals surface area contributed by atoms with Gasteiger partial charge < -0.3 is 10.1 Å². The number of anilines is 2. The van der Waals surface area contributed by atoms with Crippen LogP contribution in [0.1, 0.15) is 26.9 Å². The first-order valence-corrected chi connectivity index (χ1v) is 10.8. The lowest BCUT2D eigenvalue weighted by Gasteiger charge is -2.27. The monoisotopic (exact) mass is 436 g/mol. The van der Waals surface area contributed by atoms with Gasteiger partial charge >= 0.3 is 0 Å². The van der Waals surface area contributed by atoms with Crippen molar-refractivity contribution in [1.82, 2.24) is 0 Å². The number of benzene rings is 3. The molecule has 1 aliphatic heterocycles. The SMILES string of the molecule is COc1ccc(C)cc1N1C(=O)CS[C@@H]1c1ccccc1NC(=O)c1ccc(F)cc1. The fourth-order valence-corrected chi connectivity index (χ4v) is 4.73. The number of ether oxygens (including phenoxy) is 1. The van der Waals surface area contributed by atoms with E-state index in [0.717, 1.165) is 11.1 Å². The van der Waals surface area contributed by atoms with Crippen LogP contribution in [-0.2, 0) is 4.79 Å². The number of carbonyl (C=O) groups is 2. The molecular weight excluding hydrogens is 415 g/mol. The molecule has 0 spiro atoms. The van der Waals surface area contributed by atoms with Crippen molar-refractivity contribution in [2.45, 2.75) is 12.3 Å². The number of rotatable bonds is 5. The third kappa shape index (κ3) is 4.27. The number of hydrogen-bond acceptors (Lipinski definition) is 4. The van der Waals surface area contributed by atoms with E-state index in [1.54, 1.807) is 18.1 Å². The van der Waals surface area contributed by atoms with Crippen molar-refractivity contribution in [1.29, 1.82) is 0 Å². The lowest BCUT2D eigenvalue weighted by Crippen LogP contribution is -2.29. The zero-order valence-corrected chi connectivity index (χ0v) is 17.9. The fraction of sp³-hybridized carbons (Fsp3) is 0.167. The third-order valence-electron chi connectivity index (χ3n) is 5.04. The number of nitrogens with one attached hydrogen (secondary N) is 1. The van der Waals surface area contributed by atoms with Crippen LogP contribution in [0.3, 0.4) is 0 Å². The second kappa shape index (κ2) is 8.81. The number of aryl methyl sites for hydroxylation is 1. The minimum Gasteiger partial charge on any atom is -0.495 e. The molecule has 0 unspecified atom stereocenters. The summed E-state index contributed by atoms with van der Waals surface area (Å²) in [5.74, 6) is 0.155. The quantitative estimate of drug-likeness (QED) is 0.599. The van der Waals surface area contributed by atoms with Gasteiger partial charge in [-0.05, 0) is 55.0 Å². The Balaban J connectivity index is 1.69. The molecule has 3 aromatic rings. The standard InChI is InChI=1S/C24H21FN2O3S/c1-15-7-12-21(30-2)20(13-15)27-22(28)14-31-24(27)18-5-3-4-6-19(18)26-23(29)16-8-10-17(25)11-9-16/h3-13,24H,14H2,1-2H3,(H,26,29)/t24-/m1/s1. The molecule has 0 aromatic heterocycles. The van der Waals surface area contributed by atoms with E-state index in [0.29, 0.717) is 28.4 Å². The predicted molar refractivity (Wildman–Crippen MR) is 121 cm³/mol. The summed E-state index contributed by atoms with van der Waals surface area (Å²) in [5.41, 5.74) is 3.46. The van der Waals surface area contributed by atoms with Gasteiger partial charge in [0.2, 0.25) is 5.91 Å². The van der Waals surface area contributed by atoms with Gasteiger partial charge in [0, 0.05) is 16.8 Å². The molecule has 1 atom stereocenters. The molecule has 1 N–H and O–H groups in total. The Morgan fingerprint density at radius 2 is 1.87 bits per heavy atom. The van der Waals surface area contributed by atoms with Gasteiger partial charge in [-0.25, -0.2) is 4.39 Å². The minimum atomic E-state index is -0.402. The van der Waals surface area contributed by atoms with Crippen molar-refractivity contribution < 1.29 is 18.7 Å². The number of methoxy groups -OCH3 is 1. The van der Waals surface area contributed by atoms with Crippen LogP contribution in [0.15, 0.2) is 66.7 Å². The first kappa shape index (κ1) is 20.9. The maximum Gasteiger partial charge on any atom is 0.255 e. The topological polar surface area (TPSA) is 58.6 Å². The van der Waals surface area contributed by atoms with Crippen molar-refractivity contribution in [3.8, 4) is 5.75 Å². The number of hydrogen-bond donors (Lipinski definition) is 1. The smallest absolute Gasteiger partial charge is 0.255 e. The van der Waals surface area contributed by atoms with Gasteiger partial charge in [-0.2, -0.15) is 0 Å². The maximum absolute atomic E-state index is 13.2. The summed E-state index contributed by atoms with van der Waals surface area (Å²) in [6.45, 7) is 1.96. The van der Waals surface area contributed by atoms with Crippen molar-refractivity contribution in [2.75, 3.05) is 23.1 Å². The Hall–Kier alpha value is -3.32. The molecule has 31 heavy (non-hydrogen) atoms. The second-order valence-corrected chi connectivity index (χ2v) is 8.22. The zero-order valence-electron chi connectivity index (χ0n) is 17.1. The molecule has 0 saturated carbocycles. The van der Waals surface area contributed by atoms with Crippen molar-refractivity contribution in [3.05, 3.63) is 89.2 Å². The van der Waals surface area contributed by atoms with E-state index < -0.39 is 5.82 Å². The van der Waals surface area contributed by atoms with Gasteiger partial charge in [0.1, 0.15) is 16.9 Å². The van der Waals surface area contributed by atoms with E-state index in [9.17, 15) is 14.0 Å². The minimum absolute atomic E-state index is 0.0291. The predicted octanol–water partition coefficient (Wildman–Crippen LogP) is 5.17. The summed E-state index contributed by atoms with van der Waals surface area (Å²) in [6.07, 6.45) is 0. The van der Waals surface area contributed by atoms with Gasteiger partial charge in [0.05, 0.1) is 18.6 Å². The summed E-state index contributed by atoms with van der Waals surface area (Å²) in [6, 6.07) is 18.5. The van der Waals surface area contributed by atoms with E-state index >= 15 is 0 Å². The molecule has 1 saturated heterocycles. The molecule has 2 amide bonds. The molecule has 3 aromatic carbocycles. The third-order valence-corrected chi connectivity index (χ3v) is 6.24. The van der Waals surface area contributed by atoms with Crippen molar-refractivity contribution >= 4 is 35.0 Å². The maximum atomic E-state index is 13.2. The van der Waals surface area contributed by atoms with Gasteiger partial charge in [-0.1, -0.05) is 24.3 Å². The van der Waals surface area contributed by atoms with E-state index in [-0.39, 0.29) is 17.2 Å². The zero-order chi connectivity index (χ0) is 22.0. The summed E-state index contributed by atoms with van der Waals surface area (Å²) < 4.78 is 18.7. The molecule has 0 bridgehead atoms. The highest BCUT2D eigenvalue weighted by Gasteiger charge is 2.37. The van der Waals surface area contributed by atoms with Crippen molar-refractivity contribution in [3.63, 3.8) is 0 Å². The first-order chi connectivity index (χ1) is 15.0. The Kier molecular flexibility index (Phi) is 5.95. The summed E-state index contributed by atoms with van der Waals surface area (Å²) in [4.78, 5) is 27.3. The van der Waals surface area contributed by atoms with E-state index in [2.05, 4.69) is 5.32 Å². The Morgan fingerprint density at radius 1 is 1.13 bits per heavy atom. The number of nitrogens with zero attached hydrogens (tertiary/aromatic N) is 1. The van der Waals surface area contributed by atoms with Crippen LogP contribution >= 0.6 is 11.8 Å². The number of thioether (sulfide) groups is 1. The lowest BCUT2D eigenvalue weighted by molar-refractivity contribution is -0.115. The highest BCUT2D eigenvalue weighted by atomic mass is 32.2. The summed E-state index contributed by atoms with van der Waals surface area (Å²) >= 11 is 1.49. The largest absolute Gasteiger partial charge is 0.495 e. The van der Waals surface area contributed by atoms with E-state index in [4.69, 9.17) is 4.74 Å². The summed E-state index contributed by atoms with van der Waals surface area (Å²) in [7, 11) is 1.58. The highest BCUT2D eigenvalue weighted by Crippen LogP contribution is 2.46. The number of para-hydroxylation sites is 1. The molecule has 0 radical (unpaired) electrons. The molecule has 1 heterocycles. The molecule has 1 fully saturated rings. The Labute approximate surface area is 184 Å². The molecule has 7 heteroatoms. The highest BCUT2D eigenvalue weighted by molar-refractivity contribution is 8.00. The molecular formula is C24H21FN2O3S. The number of amides is 2. The van der Waals surface area contributed by atoms with Gasteiger partial charge in [0.15, 0.2) is 0 Å². The second-order valence-electron chi connectivity index (χ2n) is 7.15. The average Bonchev–Trinajstić information content (AvgIpc) is 3.15. The Bertz CT molecular complexity index is 1130. The number of carbonyl (C=O) groups excluding carboxylic acids is 2. The molecule has 1 aliphatic rings. The van der Waals surface area contributed by atoms with Crippen LogP contribution in [0.5, 0.6) is 5.75 Å². The Morgan fingerprint density at radius 3 is 2.61 bits per heavy atom. The molecule has 0 aliphatic carbocycles. The van der Waals surface area contributed by atoms with Crippen LogP contribution in [0.4, 0.5) is 15.8 Å². The average molecular weight is 437 g/mol. The van der Waals surface area contributed by atoms with E-state index in [1.807, 2.05) is 43.3 Å². The van der Waals surface area contributed by atoms with Crippen LogP contribution in [0.2, 0.25) is 0 Å². The summed E-state index contributed by atoms with van der Waals surface area (Å²) in [5, 5.41) is 2.58. The van der Waals surface area contributed by atoms with Gasteiger partial charge in [-0.3, -0.25) is 14.5 Å². The van der Waals surface area contributed by atoms with E-state index in [1.165, 1.54) is 36.0 Å². The van der Waals surface area contributed by atoms with Gasteiger partial charge in [0.25, 0.3) is 5.91 Å². The van der Waals surface area contributed by atoms with Crippen LogP contribution in [-0.4, -0.2) is 24.7 Å². The van der Waals surface area contributed by atoms with Crippen LogP contribution in [0.25, 0.3) is 0 Å². The van der Waals surface area contributed by atoms with Crippen LogP contribution < -0.4 is 15.0 Å². The normalized spacial score (nSPS) is 15.8. The first-order valence-electron chi connectivity index (χ1n) is 9.72. The molecule has 158 valence electrons. The lowest BCUT2D eigenvalue weighted by atomic mass is 10.1. The number of halogens is 1. The molecule has 4 rings (SSSR count). The van der Waals surface area contributed by atoms with Crippen molar-refractivity contribution in [2.24, 2.45) is 0 Å².